The molecule has 30 heavy (non-hydrogen) atoms. The van der Waals surface area contributed by atoms with Gasteiger partial charge >= 0.3 is 0 Å². The molecule has 9 heteroatoms. The summed E-state index contributed by atoms with van der Waals surface area (Å²) >= 11 is 0. The van der Waals surface area contributed by atoms with Crippen molar-refractivity contribution in [1.82, 2.24) is 14.7 Å². The Labute approximate surface area is 176 Å². The fourth-order valence-electron chi connectivity index (χ4n) is 4.51. The van der Waals surface area contributed by atoms with Crippen molar-refractivity contribution in [3.8, 4) is 11.5 Å². The third-order valence-corrected chi connectivity index (χ3v) is 7.85. The topological polar surface area (TPSA) is 90.7 Å². The van der Waals surface area contributed by atoms with Gasteiger partial charge in [-0.1, -0.05) is 0 Å². The maximum atomic E-state index is 13.4. The number of sulfone groups is 1. The van der Waals surface area contributed by atoms with E-state index in [4.69, 9.17) is 9.47 Å². The van der Waals surface area contributed by atoms with Gasteiger partial charge in [0.1, 0.15) is 0 Å². The maximum absolute atomic E-state index is 13.4. The Kier molecular flexibility index (Phi) is 5.25. The van der Waals surface area contributed by atoms with Crippen molar-refractivity contribution in [2.24, 2.45) is 0 Å². The van der Waals surface area contributed by atoms with Crippen LogP contribution in [0.15, 0.2) is 12.1 Å². The van der Waals surface area contributed by atoms with Crippen LogP contribution < -0.4 is 9.47 Å². The molecule has 1 aromatic carbocycles. The molecule has 0 bridgehead atoms. The summed E-state index contributed by atoms with van der Waals surface area (Å²) in [5.41, 5.74) is 4.13. The van der Waals surface area contributed by atoms with Crippen LogP contribution in [0, 0.1) is 13.8 Å². The third kappa shape index (κ3) is 3.55. The summed E-state index contributed by atoms with van der Waals surface area (Å²) in [6, 6.07) is 3.71. The maximum Gasteiger partial charge on any atom is 0.257 e. The van der Waals surface area contributed by atoms with Gasteiger partial charge in [-0.2, -0.15) is 5.10 Å². The second-order valence-electron chi connectivity index (χ2n) is 8.00. The summed E-state index contributed by atoms with van der Waals surface area (Å²) in [5.74, 6) is 1.52. The van der Waals surface area contributed by atoms with Crippen molar-refractivity contribution in [3.63, 3.8) is 0 Å². The Hall–Kier alpha value is -2.55. The van der Waals surface area contributed by atoms with Crippen LogP contribution in [0.2, 0.25) is 0 Å². The lowest BCUT2D eigenvalue weighted by molar-refractivity contribution is 0.0732. The van der Waals surface area contributed by atoms with E-state index in [1.807, 2.05) is 30.9 Å². The van der Waals surface area contributed by atoms with Crippen LogP contribution in [0.1, 0.15) is 45.3 Å². The normalized spacial score (nSPS) is 20.1. The summed E-state index contributed by atoms with van der Waals surface area (Å²) in [6.07, 6.45) is 1.27. The van der Waals surface area contributed by atoms with E-state index in [9.17, 15) is 13.2 Å². The van der Waals surface area contributed by atoms with Gasteiger partial charge in [-0.25, -0.2) is 8.42 Å². The SMILES string of the molecule is COc1cc2c(cc1OC)CN(C(=O)c1c(C)nn(C3CCS(=O)(=O)C3)c1C)CC2. The molecule has 1 unspecified atom stereocenters. The molecule has 0 spiro atoms. The average molecular weight is 434 g/mol. The summed E-state index contributed by atoms with van der Waals surface area (Å²) in [5, 5.41) is 4.54. The number of carbonyl (C=O) groups excluding carboxylic acids is 1. The molecular formula is C21H27N3O5S. The van der Waals surface area contributed by atoms with E-state index in [0.717, 1.165) is 23.2 Å². The molecule has 1 aromatic heterocycles. The number of aromatic nitrogens is 2. The number of fused-ring (bicyclic) bond motifs is 1. The van der Waals surface area contributed by atoms with Crippen LogP contribution >= 0.6 is 0 Å². The van der Waals surface area contributed by atoms with E-state index >= 15 is 0 Å². The van der Waals surface area contributed by atoms with Crippen molar-refractivity contribution in [3.05, 3.63) is 40.2 Å². The quantitative estimate of drug-likeness (QED) is 0.733. The minimum Gasteiger partial charge on any atom is -0.493 e. The van der Waals surface area contributed by atoms with E-state index < -0.39 is 9.84 Å². The predicted molar refractivity (Wildman–Crippen MR) is 112 cm³/mol. The lowest BCUT2D eigenvalue weighted by Crippen LogP contribution is -2.36. The molecule has 0 aliphatic carbocycles. The molecule has 8 nitrogen and oxygen atoms in total. The Bertz CT molecular complexity index is 1110. The number of rotatable bonds is 4. The van der Waals surface area contributed by atoms with Gasteiger partial charge < -0.3 is 14.4 Å². The fraction of sp³-hybridized carbons (Fsp3) is 0.524. The van der Waals surface area contributed by atoms with Crippen molar-refractivity contribution >= 4 is 15.7 Å². The Balaban J connectivity index is 1.60. The van der Waals surface area contributed by atoms with E-state index in [1.54, 1.807) is 18.9 Å². The van der Waals surface area contributed by atoms with Gasteiger partial charge in [0.2, 0.25) is 0 Å². The van der Waals surface area contributed by atoms with Crippen molar-refractivity contribution in [1.29, 1.82) is 0 Å². The molecule has 2 aromatic rings. The molecule has 162 valence electrons. The van der Waals surface area contributed by atoms with Crippen molar-refractivity contribution < 1.29 is 22.7 Å². The number of benzene rings is 1. The van der Waals surface area contributed by atoms with Crippen LogP contribution in [0.4, 0.5) is 0 Å². The first-order chi connectivity index (χ1) is 14.2. The summed E-state index contributed by atoms with van der Waals surface area (Å²) in [4.78, 5) is 15.2. The summed E-state index contributed by atoms with van der Waals surface area (Å²) < 4.78 is 36.3. The van der Waals surface area contributed by atoms with E-state index in [2.05, 4.69) is 5.10 Å². The number of hydrogen-bond donors (Lipinski definition) is 0. The molecule has 1 amide bonds. The largest absolute Gasteiger partial charge is 0.493 e. The summed E-state index contributed by atoms with van der Waals surface area (Å²) in [6.45, 7) is 4.75. The van der Waals surface area contributed by atoms with E-state index in [-0.39, 0.29) is 23.5 Å². The first-order valence-corrected chi connectivity index (χ1v) is 11.9. The molecule has 1 saturated heterocycles. The second kappa shape index (κ2) is 7.61. The number of ether oxygens (including phenoxy) is 2. The minimum absolute atomic E-state index is 0.0717. The van der Waals surface area contributed by atoms with Gasteiger partial charge in [-0.15, -0.1) is 0 Å². The van der Waals surface area contributed by atoms with Crippen LogP contribution in [0.5, 0.6) is 11.5 Å². The smallest absolute Gasteiger partial charge is 0.257 e. The number of carbonyl (C=O) groups is 1. The average Bonchev–Trinajstić information content (AvgIpc) is 3.23. The molecule has 3 heterocycles. The molecule has 1 atom stereocenters. The molecule has 2 aliphatic heterocycles. The lowest BCUT2D eigenvalue weighted by Gasteiger charge is -2.30. The molecule has 0 N–H and O–H groups in total. The van der Waals surface area contributed by atoms with E-state index in [0.29, 0.717) is 42.3 Å². The van der Waals surface area contributed by atoms with Crippen LogP contribution in [0.25, 0.3) is 0 Å². The predicted octanol–water partition coefficient (Wildman–Crippen LogP) is 2.08. The monoisotopic (exact) mass is 433 g/mol. The highest BCUT2D eigenvalue weighted by Crippen LogP contribution is 2.34. The van der Waals surface area contributed by atoms with Crippen molar-refractivity contribution in [2.45, 2.75) is 39.3 Å². The zero-order chi connectivity index (χ0) is 21.6. The van der Waals surface area contributed by atoms with Gasteiger partial charge in [0, 0.05) is 18.8 Å². The second-order valence-corrected chi connectivity index (χ2v) is 10.2. The number of aryl methyl sites for hydroxylation is 1. The zero-order valence-electron chi connectivity index (χ0n) is 17.8. The minimum atomic E-state index is -3.03. The summed E-state index contributed by atoms with van der Waals surface area (Å²) in [7, 11) is 0.182. The molecule has 0 radical (unpaired) electrons. The standard InChI is InChI=1S/C21H27N3O5S/c1-13-20(14(2)24(22-13)17-6-8-30(26,27)12-17)21(25)23-7-5-15-9-18(28-3)19(29-4)10-16(15)11-23/h9-10,17H,5-8,11-12H2,1-4H3. The molecule has 4 rings (SSSR count). The molecule has 1 fully saturated rings. The number of amides is 1. The number of nitrogens with zero attached hydrogens (tertiary/aromatic N) is 3. The molecular weight excluding hydrogens is 406 g/mol. The number of hydrogen-bond acceptors (Lipinski definition) is 6. The van der Waals surface area contributed by atoms with Crippen LogP contribution in [-0.2, 0) is 22.8 Å². The van der Waals surface area contributed by atoms with Crippen LogP contribution in [0.3, 0.4) is 0 Å². The number of methoxy groups -OCH3 is 2. The third-order valence-electron chi connectivity index (χ3n) is 6.10. The highest BCUT2D eigenvalue weighted by molar-refractivity contribution is 7.91. The first kappa shape index (κ1) is 20.7. The Morgan fingerprint density at radius 2 is 1.80 bits per heavy atom. The van der Waals surface area contributed by atoms with E-state index in [1.165, 1.54) is 0 Å². The van der Waals surface area contributed by atoms with Gasteiger partial charge in [0.05, 0.1) is 43.0 Å². The highest BCUT2D eigenvalue weighted by Gasteiger charge is 2.34. The van der Waals surface area contributed by atoms with Gasteiger partial charge in [0.15, 0.2) is 21.3 Å². The van der Waals surface area contributed by atoms with Gasteiger partial charge in [-0.05, 0) is 49.9 Å². The first-order valence-electron chi connectivity index (χ1n) is 10.0. The van der Waals surface area contributed by atoms with Gasteiger partial charge in [-0.3, -0.25) is 9.48 Å². The van der Waals surface area contributed by atoms with Crippen molar-refractivity contribution in [2.75, 3.05) is 32.3 Å². The molecule has 2 aliphatic rings. The van der Waals surface area contributed by atoms with Gasteiger partial charge in [0.25, 0.3) is 5.91 Å². The fourth-order valence-corrected chi connectivity index (χ4v) is 6.20. The van der Waals surface area contributed by atoms with Crippen LogP contribution in [-0.4, -0.2) is 61.3 Å². The lowest BCUT2D eigenvalue weighted by atomic mass is 9.98. The Morgan fingerprint density at radius 3 is 2.40 bits per heavy atom. The highest BCUT2D eigenvalue weighted by atomic mass is 32.2. The Morgan fingerprint density at radius 1 is 1.13 bits per heavy atom. The molecule has 0 saturated carbocycles. The zero-order valence-corrected chi connectivity index (χ0v) is 18.6.